The summed E-state index contributed by atoms with van der Waals surface area (Å²) in [5, 5.41) is 21.2. The molecule has 0 aliphatic rings. The number of carboxylic acids is 1. The number of anilines is 1. The predicted octanol–water partition coefficient (Wildman–Crippen LogP) is 1.62. The lowest BCUT2D eigenvalue weighted by Crippen LogP contribution is -2.29. The normalized spacial score (nSPS) is 11.2. The summed E-state index contributed by atoms with van der Waals surface area (Å²) < 4.78 is 0. The van der Waals surface area contributed by atoms with E-state index in [4.69, 9.17) is 16.7 Å². The Morgan fingerprint density at radius 1 is 1.56 bits per heavy atom. The summed E-state index contributed by atoms with van der Waals surface area (Å²) in [5.41, 5.74) is -0.855. The summed E-state index contributed by atoms with van der Waals surface area (Å²) in [5.74, 6) is -0.748. The molecule has 1 rings (SSSR count). The fourth-order valence-corrected chi connectivity index (χ4v) is 1.23. The zero-order chi connectivity index (χ0) is 12.3. The Kier molecular flexibility index (Phi) is 3.72. The molecule has 6 heteroatoms. The third-order valence-corrected chi connectivity index (χ3v) is 1.94. The van der Waals surface area contributed by atoms with E-state index in [-0.39, 0.29) is 17.3 Å². The number of aliphatic hydroxyl groups is 1. The number of halogens is 1. The molecule has 0 fully saturated rings. The van der Waals surface area contributed by atoms with Crippen molar-refractivity contribution in [2.24, 2.45) is 0 Å². The molecule has 0 radical (unpaired) electrons. The lowest BCUT2D eigenvalue weighted by atomic mass is 10.1. The largest absolute Gasteiger partial charge is 0.478 e. The van der Waals surface area contributed by atoms with Crippen LogP contribution in [0.5, 0.6) is 0 Å². The molecule has 3 N–H and O–H groups in total. The van der Waals surface area contributed by atoms with Gasteiger partial charge in [0.25, 0.3) is 0 Å². The van der Waals surface area contributed by atoms with Gasteiger partial charge in [-0.05, 0) is 26.0 Å². The fourth-order valence-electron chi connectivity index (χ4n) is 1.02. The van der Waals surface area contributed by atoms with Gasteiger partial charge in [0, 0.05) is 6.54 Å². The Bertz CT molecular complexity index is 402. The van der Waals surface area contributed by atoms with E-state index >= 15 is 0 Å². The lowest BCUT2D eigenvalue weighted by Gasteiger charge is -2.18. The maximum absolute atomic E-state index is 10.7. The smallest absolute Gasteiger partial charge is 0.335 e. The predicted molar refractivity (Wildman–Crippen MR) is 61.0 cm³/mol. The van der Waals surface area contributed by atoms with Crippen molar-refractivity contribution in [3.05, 3.63) is 22.8 Å². The molecular weight excluding hydrogens is 232 g/mol. The van der Waals surface area contributed by atoms with Crippen LogP contribution in [-0.2, 0) is 0 Å². The molecule has 0 aliphatic carbocycles. The molecule has 1 heterocycles. The average Bonchev–Trinajstić information content (AvgIpc) is 2.13. The number of hydrogen-bond donors (Lipinski definition) is 3. The van der Waals surface area contributed by atoms with Gasteiger partial charge in [-0.2, -0.15) is 0 Å². The number of pyridine rings is 1. The van der Waals surface area contributed by atoms with Crippen LogP contribution >= 0.6 is 11.6 Å². The van der Waals surface area contributed by atoms with E-state index in [1.807, 2.05) is 0 Å². The second kappa shape index (κ2) is 4.67. The highest BCUT2D eigenvalue weighted by atomic mass is 35.5. The quantitative estimate of drug-likeness (QED) is 0.701. The second-order valence-corrected chi connectivity index (χ2v) is 4.42. The van der Waals surface area contributed by atoms with E-state index in [2.05, 4.69) is 10.3 Å². The molecule has 0 spiro atoms. The Hall–Kier alpha value is -1.33. The second-order valence-electron chi connectivity index (χ2n) is 4.03. The standard InChI is InChI=1S/C10H13ClN2O3/c1-10(2,16)5-12-8-4-6(9(14)15)3-7(11)13-8/h3-4,16H,5H2,1-2H3,(H,12,13)(H,14,15). The van der Waals surface area contributed by atoms with Crippen molar-refractivity contribution in [1.82, 2.24) is 4.98 Å². The molecule has 0 saturated carbocycles. The van der Waals surface area contributed by atoms with Gasteiger partial charge in [0.05, 0.1) is 11.2 Å². The highest BCUT2D eigenvalue weighted by molar-refractivity contribution is 6.29. The monoisotopic (exact) mass is 244 g/mol. The van der Waals surface area contributed by atoms with Gasteiger partial charge in [-0.25, -0.2) is 9.78 Å². The molecule has 16 heavy (non-hydrogen) atoms. The maximum atomic E-state index is 10.7. The number of aromatic nitrogens is 1. The first-order valence-corrected chi connectivity index (χ1v) is 5.03. The molecule has 0 atom stereocenters. The summed E-state index contributed by atoms with van der Waals surface area (Å²) >= 11 is 5.67. The first kappa shape index (κ1) is 12.7. The topological polar surface area (TPSA) is 82.5 Å². The van der Waals surface area contributed by atoms with Crippen molar-refractivity contribution >= 4 is 23.4 Å². The summed E-state index contributed by atoms with van der Waals surface area (Å²) in [6.07, 6.45) is 0. The molecule has 0 bridgehead atoms. The van der Waals surface area contributed by atoms with Crippen LogP contribution in [0.4, 0.5) is 5.82 Å². The van der Waals surface area contributed by atoms with Crippen molar-refractivity contribution in [3.63, 3.8) is 0 Å². The van der Waals surface area contributed by atoms with Gasteiger partial charge < -0.3 is 15.5 Å². The van der Waals surface area contributed by atoms with Crippen molar-refractivity contribution in [1.29, 1.82) is 0 Å². The Labute approximate surface area is 98.1 Å². The first-order chi connectivity index (χ1) is 7.28. The van der Waals surface area contributed by atoms with Crippen LogP contribution in [0.3, 0.4) is 0 Å². The number of nitrogens with zero attached hydrogens (tertiary/aromatic N) is 1. The minimum Gasteiger partial charge on any atom is -0.478 e. The zero-order valence-electron chi connectivity index (χ0n) is 8.99. The highest BCUT2D eigenvalue weighted by Crippen LogP contribution is 2.15. The van der Waals surface area contributed by atoms with Crippen molar-refractivity contribution in [2.45, 2.75) is 19.4 Å². The van der Waals surface area contributed by atoms with Gasteiger partial charge in [-0.15, -0.1) is 0 Å². The van der Waals surface area contributed by atoms with E-state index in [0.717, 1.165) is 0 Å². The molecular formula is C10H13ClN2O3. The number of rotatable bonds is 4. The van der Waals surface area contributed by atoms with Gasteiger partial charge in [0.1, 0.15) is 11.0 Å². The summed E-state index contributed by atoms with van der Waals surface area (Å²) in [4.78, 5) is 14.6. The molecule has 88 valence electrons. The minimum absolute atomic E-state index is 0.0539. The van der Waals surface area contributed by atoms with Crippen LogP contribution in [0, 0.1) is 0 Å². The summed E-state index contributed by atoms with van der Waals surface area (Å²) in [6, 6.07) is 2.62. The van der Waals surface area contributed by atoms with Gasteiger partial charge in [-0.3, -0.25) is 0 Å². The SMILES string of the molecule is CC(C)(O)CNc1cc(C(=O)O)cc(Cl)n1. The molecule has 0 aromatic carbocycles. The number of carboxylic acid groups (broad SMARTS) is 1. The van der Waals surface area contributed by atoms with Gasteiger partial charge in [-0.1, -0.05) is 11.6 Å². The minimum atomic E-state index is -1.07. The Morgan fingerprint density at radius 3 is 2.69 bits per heavy atom. The van der Waals surface area contributed by atoms with E-state index in [1.54, 1.807) is 13.8 Å². The molecule has 0 saturated heterocycles. The van der Waals surface area contributed by atoms with Crippen LogP contribution in [0.15, 0.2) is 12.1 Å². The lowest BCUT2D eigenvalue weighted by molar-refractivity contribution is 0.0696. The highest BCUT2D eigenvalue weighted by Gasteiger charge is 2.13. The molecule has 0 unspecified atom stereocenters. The average molecular weight is 245 g/mol. The van der Waals surface area contributed by atoms with E-state index in [9.17, 15) is 9.90 Å². The molecule has 1 aromatic rings. The van der Waals surface area contributed by atoms with E-state index < -0.39 is 11.6 Å². The molecule has 0 aliphatic heterocycles. The van der Waals surface area contributed by atoms with Gasteiger partial charge >= 0.3 is 5.97 Å². The Morgan fingerprint density at radius 2 is 2.19 bits per heavy atom. The van der Waals surface area contributed by atoms with Gasteiger partial charge in [0.15, 0.2) is 0 Å². The van der Waals surface area contributed by atoms with Gasteiger partial charge in [0.2, 0.25) is 0 Å². The first-order valence-electron chi connectivity index (χ1n) is 4.65. The van der Waals surface area contributed by atoms with E-state index in [0.29, 0.717) is 5.82 Å². The maximum Gasteiger partial charge on any atom is 0.335 e. The Balaban J connectivity index is 2.85. The third-order valence-electron chi connectivity index (χ3n) is 1.74. The van der Waals surface area contributed by atoms with E-state index in [1.165, 1.54) is 12.1 Å². The van der Waals surface area contributed by atoms with Crippen LogP contribution in [-0.4, -0.2) is 33.3 Å². The molecule has 0 amide bonds. The van der Waals surface area contributed by atoms with Crippen LogP contribution in [0.2, 0.25) is 5.15 Å². The summed E-state index contributed by atoms with van der Waals surface area (Å²) in [6.45, 7) is 3.50. The molecule has 1 aromatic heterocycles. The van der Waals surface area contributed by atoms with Crippen molar-refractivity contribution in [3.8, 4) is 0 Å². The number of hydrogen-bond acceptors (Lipinski definition) is 4. The van der Waals surface area contributed by atoms with Crippen LogP contribution in [0.1, 0.15) is 24.2 Å². The fraction of sp³-hybridized carbons (Fsp3) is 0.400. The van der Waals surface area contributed by atoms with Crippen molar-refractivity contribution in [2.75, 3.05) is 11.9 Å². The summed E-state index contributed by atoms with van der Waals surface area (Å²) in [7, 11) is 0. The van der Waals surface area contributed by atoms with Crippen LogP contribution < -0.4 is 5.32 Å². The zero-order valence-corrected chi connectivity index (χ0v) is 9.75. The van der Waals surface area contributed by atoms with Crippen LogP contribution in [0.25, 0.3) is 0 Å². The third kappa shape index (κ3) is 4.04. The molecule has 5 nitrogen and oxygen atoms in total. The number of carbonyl (C=O) groups is 1. The number of nitrogens with one attached hydrogen (secondary N) is 1. The number of aromatic carboxylic acids is 1. The van der Waals surface area contributed by atoms with Crippen molar-refractivity contribution < 1.29 is 15.0 Å².